The minimum Gasteiger partial charge on any atom is -0.497 e. The molecule has 0 atom stereocenters. The molecule has 0 aliphatic heterocycles. The van der Waals surface area contributed by atoms with Gasteiger partial charge >= 0.3 is 0 Å². The van der Waals surface area contributed by atoms with Crippen molar-refractivity contribution in [2.24, 2.45) is 0 Å². The molecular formula is C19H23BrN2O2. The fourth-order valence-corrected chi connectivity index (χ4v) is 2.83. The van der Waals surface area contributed by atoms with Gasteiger partial charge in [-0.25, -0.2) is 0 Å². The predicted molar refractivity (Wildman–Crippen MR) is 99.9 cm³/mol. The average Bonchev–Trinajstić information content (AvgIpc) is 2.57. The zero-order valence-electron chi connectivity index (χ0n) is 14.3. The number of ether oxygens (including phenoxy) is 1. The molecule has 4 nitrogen and oxygen atoms in total. The number of halogens is 1. The van der Waals surface area contributed by atoms with Gasteiger partial charge in [-0.3, -0.25) is 9.69 Å². The summed E-state index contributed by atoms with van der Waals surface area (Å²) in [5.74, 6) is 0.918. The molecule has 2 aromatic carbocycles. The third-order valence-electron chi connectivity index (χ3n) is 3.81. The standard InChI is InChI=1S/C19H23BrN2O2/c1-21(13-16-6-4-5-7-18(16)20)14-19(23)22(2)12-15-8-10-17(24-3)11-9-15/h4-11H,12-14H2,1-3H3. The minimum atomic E-state index is 0.0976. The van der Waals surface area contributed by atoms with Crippen LogP contribution < -0.4 is 4.74 Å². The van der Waals surface area contributed by atoms with Crippen molar-refractivity contribution in [2.45, 2.75) is 13.1 Å². The summed E-state index contributed by atoms with van der Waals surface area (Å²) >= 11 is 3.54. The predicted octanol–water partition coefficient (Wildman–Crippen LogP) is 3.55. The van der Waals surface area contributed by atoms with Crippen molar-refractivity contribution in [1.82, 2.24) is 9.80 Å². The summed E-state index contributed by atoms with van der Waals surface area (Å²) < 4.78 is 6.22. The van der Waals surface area contributed by atoms with E-state index in [2.05, 4.69) is 22.0 Å². The van der Waals surface area contributed by atoms with E-state index in [0.29, 0.717) is 13.1 Å². The van der Waals surface area contributed by atoms with Gasteiger partial charge in [0.1, 0.15) is 5.75 Å². The Bertz CT molecular complexity index is 673. The molecule has 0 radical (unpaired) electrons. The number of hydrogen-bond acceptors (Lipinski definition) is 3. The summed E-state index contributed by atoms with van der Waals surface area (Å²) in [7, 11) is 5.43. The first-order chi connectivity index (χ1) is 11.5. The van der Waals surface area contributed by atoms with E-state index < -0.39 is 0 Å². The van der Waals surface area contributed by atoms with Crippen molar-refractivity contribution < 1.29 is 9.53 Å². The molecule has 0 aliphatic carbocycles. The van der Waals surface area contributed by atoms with E-state index in [9.17, 15) is 4.79 Å². The van der Waals surface area contributed by atoms with Gasteiger partial charge in [-0.2, -0.15) is 0 Å². The molecule has 1 amide bonds. The second-order valence-electron chi connectivity index (χ2n) is 5.86. The molecular weight excluding hydrogens is 368 g/mol. The Labute approximate surface area is 152 Å². The summed E-state index contributed by atoms with van der Waals surface area (Å²) in [4.78, 5) is 16.2. The molecule has 2 rings (SSSR count). The second-order valence-corrected chi connectivity index (χ2v) is 6.72. The van der Waals surface area contributed by atoms with Gasteiger partial charge in [-0.15, -0.1) is 0 Å². The Morgan fingerprint density at radius 3 is 2.33 bits per heavy atom. The molecule has 0 aliphatic rings. The maximum absolute atomic E-state index is 12.4. The number of nitrogens with zero attached hydrogens (tertiary/aromatic N) is 2. The van der Waals surface area contributed by atoms with Crippen molar-refractivity contribution in [3.05, 3.63) is 64.1 Å². The number of amides is 1. The van der Waals surface area contributed by atoms with Crippen LogP contribution in [0.5, 0.6) is 5.75 Å². The zero-order chi connectivity index (χ0) is 17.5. The van der Waals surface area contributed by atoms with Crippen molar-refractivity contribution in [3.63, 3.8) is 0 Å². The Morgan fingerprint density at radius 1 is 1.04 bits per heavy atom. The van der Waals surface area contributed by atoms with Crippen LogP contribution in [-0.2, 0) is 17.9 Å². The zero-order valence-corrected chi connectivity index (χ0v) is 15.9. The first-order valence-electron chi connectivity index (χ1n) is 7.78. The number of rotatable bonds is 7. The number of methoxy groups -OCH3 is 1. The van der Waals surface area contributed by atoms with E-state index in [1.807, 2.05) is 61.5 Å². The molecule has 0 saturated carbocycles. The van der Waals surface area contributed by atoms with E-state index in [1.165, 1.54) is 5.56 Å². The first kappa shape index (κ1) is 18.5. The lowest BCUT2D eigenvalue weighted by molar-refractivity contribution is -0.131. The molecule has 2 aromatic rings. The van der Waals surface area contributed by atoms with Gasteiger partial charge in [0.2, 0.25) is 5.91 Å². The largest absolute Gasteiger partial charge is 0.497 e. The van der Waals surface area contributed by atoms with Crippen LogP contribution in [0, 0.1) is 0 Å². The SMILES string of the molecule is COc1ccc(CN(C)C(=O)CN(C)Cc2ccccc2Br)cc1. The van der Waals surface area contributed by atoms with Crippen LogP contribution in [-0.4, -0.2) is 43.5 Å². The Hall–Kier alpha value is -1.85. The molecule has 0 spiro atoms. The third kappa shape index (κ3) is 5.35. The smallest absolute Gasteiger partial charge is 0.236 e. The third-order valence-corrected chi connectivity index (χ3v) is 4.58. The lowest BCUT2D eigenvalue weighted by atomic mass is 10.2. The fourth-order valence-electron chi connectivity index (χ4n) is 2.42. The van der Waals surface area contributed by atoms with Gasteiger partial charge in [0.25, 0.3) is 0 Å². The second kappa shape index (κ2) is 8.85. The van der Waals surface area contributed by atoms with Crippen LogP contribution in [0.25, 0.3) is 0 Å². The molecule has 0 fully saturated rings. The molecule has 0 aromatic heterocycles. The van der Waals surface area contributed by atoms with Crippen LogP contribution in [0.4, 0.5) is 0 Å². The Balaban J connectivity index is 1.87. The maximum Gasteiger partial charge on any atom is 0.236 e. The number of benzene rings is 2. The summed E-state index contributed by atoms with van der Waals surface area (Å²) in [6.45, 7) is 1.70. The van der Waals surface area contributed by atoms with Crippen LogP contribution in [0.15, 0.2) is 53.0 Å². The molecule has 0 saturated heterocycles. The highest BCUT2D eigenvalue weighted by Gasteiger charge is 2.13. The molecule has 5 heteroatoms. The van der Waals surface area contributed by atoms with E-state index in [0.717, 1.165) is 22.3 Å². The van der Waals surface area contributed by atoms with Crippen LogP contribution in [0.2, 0.25) is 0 Å². The molecule has 128 valence electrons. The highest BCUT2D eigenvalue weighted by atomic mass is 79.9. The van der Waals surface area contributed by atoms with E-state index >= 15 is 0 Å². The van der Waals surface area contributed by atoms with Crippen molar-refractivity contribution in [1.29, 1.82) is 0 Å². The quantitative estimate of drug-likeness (QED) is 0.724. The van der Waals surface area contributed by atoms with Gasteiger partial charge in [-0.1, -0.05) is 46.3 Å². The van der Waals surface area contributed by atoms with Crippen molar-refractivity contribution >= 4 is 21.8 Å². The highest BCUT2D eigenvalue weighted by Crippen LogP contribution is 2.17. The molecule has 0 bridgehead atoms. The Kier molecular flexibility index (Phi) is 6.82. The summed E-state index contributed by atoms with van der Waals surface area (Å²) in [5, 5.41) is 0. The number of hydrogen-bond donors (Lipinski definition) is 0. The minimum absolute atomic E-state index is 0.0976. The van der Waals surface area contributed by atoms with Gasteiger partial charge < -0.3 is 9.64 Å². The topological polar surface area (TPSA) is 32.8 Å². The maximum atomic E-state index is 12.4. The molecule has 0 heterocycles. The first-order valence-corrected chi connectivity index (χ1v) is 8.57. The normalized spacial score (nSPS) is 10.7. The van der Waals surface area contributed by atoms with Gasteiger partial charge in [0.15, 0.2) is 0 Å². The Morgan fingerprint density at radius 2 is 1.71 bits per heavy atom. The molecule has 24 heavy (non-hydrogen) atoms. The summed E-state index contributed by atoms with van der Waals surface area (Å²) in [6, 6.07) is 15.8. The lowest BCUT2D eigenvalue weighted by Gasteiger charge is -2.22. The average molecular weight is 391 g/mol. The fraction of sp³-hybridized carbons (Fsp3) is 0.316. The van der Waals surface area contributed by atoms with Gasteiger partial charge in [-0.05, 0) is 36.4 Å². The van der Waals surface area contributed by atoms with Crippen LogP contribution in [0.1, 0.15) is 11.1 Å². The van der Waals surface area contributed by atoms with Crippen molar-refractivity contribution in [2.75, 3.05) is 27.7 Å². The summed E-state index contributed by atoms with van der Waals surface area (Å²) in [5.41, 5.74) is 2.26. The lowest BCUT2D eigenvalue weighted by Crippen LogP contribution is -2.36. The van der Waals surface area contributed by atoms with Gasteiger partial charge in [0, 0.05) is 24.6 Å². The monoisotopic (exact) mass is 390 g/mol. The number of carbonyl (C=O) groups excluding carboxylic acids is 1. The van der Waals surface area contributed by atoms with Crippen LogP contribution in [0.3, 0.4) is 0 Å². The number of likely N-dealkylation sites (N-methyl/N-ethyl adjacent to an activating group) is 2. The van der Waals surface area contributed by atoms with E-state index in [4.69, 9.17) is 4.74 Å². The molecule has 0 unspecified atom stereocenters. The highest BCUT2D eigenvalue weighted by molar-refractivity contribution is 9.10. The summed E-state index contributed by atoms with van der Waals surface area (Å²) in [6.07, 6.45) is 0. The van der Waals surface area contributed by atoms with Crippen LogP contribution >= 0.6 is 15.9 Å². The molecule has 0 N–H and O–H groups in total. The number of carbonyl (C=O) groups is 1. The van der Waals surface area contributed by atoms with E-state index in [-0.39, 0.29) is 5.91 Å². The van der Waals surface area contributed by atoms with Crippen molar-refractivity contribution in [3.8, 4) is 5.75 Å². The van der Waals surface area contributed by atoms with Gasteiger partial charge in [0.05, 0.1) is 13.7 Å². The van der Waals surface area contributed by atoms with E-state index in [1.54, 1.807) is 12.0 Å².